The van der Waals surface area contributed by atoms with Gasteiger partial charge in [0.25, 0.3) is 5.91 Å². The first-order valence-corrected chi connectivity index (χ1v) is 8.36. The summed E-state index contributed by atoms with van der Waals surface area (Å²) < 4.78 is 0. The molecule has 0 aliphatic carbocycles. The molecular weight excluding hydrogens is 288 g/mol. The molecule has 0 bridgehead atoms. The summed E-state index contributed by atoms with van der Waals surface area (Å²) in [5.74, 6) is -0.0977. The van der Waals surface area contributed by atoms with Gasteiger partial charge in [-0.2, -0.15) is 0 Å². The first-order chi connectivity index (χ1) is 9.41. The molecule has 0 unspecified atom stereocenters. The highest BCUT2D eigenvalue weighted by molar-refractivity contribution is 7.98. The number of nitrogens with zero attached hydrogens (tertiary/aromatic N) is 1. The number of benzene rings is 1. The third-order valence-corrected chi connectivity index (χ3v) is 4.94. The molecule has 5 heteroatoms. The van der Waals surface area contributed by atoms with E-state index in [0.29, 0.717) is 4.88 Å². The first kappa shape index (κ1) is 15.1. The van der Waals surface area contributed by atoms with Crippen molar-refractivity contribution in [2.24, 2.45) is 0 Å². The quantitative estimate of drug-likeness (QED) is 0.854. The van der Waals surface area contributed by atoms with Gasteiger partial charge in [-0.05, 0) is 18.4 Å². The van der Waals surface area contributed by atoms with E-state index >= 15 is 0 Å². The molecule has 0 fully saturated rings. The number of carbonyl (C=O) groups is 1. The van der Waals surface area contributed by atoms with E-state index in [4.69, 9.17) is 0 Å². The summed E-state index contributed by atoms with van der Waals surface area (Å²) in [5.41, 5.74) is 0.816. The molecule has 1 N–H and O–H groups in total. The van der Waals surface area contributed by atoms with Gasteiger partial charge in [-0.1, -0.05) is 32.9 Å². The van der Waals surface area contributed by atoms with Crippen LogP contribution in [0.25, 0.3) is 0 Å². The van der Waals surface area contributed by atoms with Crippen LogP contribution in [0, 0.1) is 0 Å². The Kier molecular flexibility index (Phi) is 4.50. The normalized spacial score (nSPS) is 11.4. The molecule has 3 nitrogen and oxygen atoms in total. The zero-order valence-corrected chi connectivity index (χ0v) is 13.7. The average molecular weight is 306 g/mol. The summed E-state index contributed by atoms with van der Waals surface area (Å²) in [6.07, 6.45) is 3.65. The lowest BCUT2D eigenvalue weighted by molar-refractivity contribution is 0.103. The van der Waals surface area contributed by atoms with Crippen LogP contribution >= 0.6 is 23.1 Å². The van der Waals surface area contributed by atoms with Gasteiger partial charge in [-0.3, -0.25) is 4.79 Å². The lowest BCUT2D eigenvalue weighted by atomic mass is 9.98. The number of para-hydroxylation sites is 1. The van der Waals surface area contributed by atoms with E-state index in [1.807, 2.05) is 30.5 Å². The molecule has 0 aliphatic rings. The van der Waals surface area contributed by atoms with Crippen molar-refractivity contribution in [1.82, 2.24) is 4.98 Å². The number of hydrogen-bond donors (Lipinski definition) is 1. The Bertz CT molecular complexity index is 614. The van der Waals surface area contributed by atoms with Crippen molar-refractivity contribution in [2.75, 3.05) is 11.6 Å². The van der Waals surface area contributed by atoms with E-state index < -0.39 is 0 Å². The van der Waals surface area contributed by atoms with E-state index in [9.17, 15) is 4.79 Å². The first-order valence-electron chi connectivity index (χ1n) is 6.32. The molecule has 1 aromatic heterocycles. The number of aromatic nitrogens is 1. The molecular formula is C15H18N2OS2. The second-order valence-electron chi connectivity index (χ2n) is 5.43. The van der Waals surface area contributed by atoms with Crippen LogP contribution in [0.1, 0.15) is 35.5 Å². The summed E-state index contributed by atoms with van der Waals surface area (Å²) in [4.78, 5) is 18.3. The van der Waals surface area contributed by atoms with E-state index in [2.05, 4.69) is 31.1 Å². The highest BCUT2D eigenvalue weighted by Gasteiger charge is 2.20. The maximum atomic E-state index is 12.3. The monoisotopic (exact) mass is 306 g/mol. The molecule has 20 heavy (non-hydrogen) atoms. The molecule has 1 heterocycles. The van der Waals surface area contributed by atoms with Crippen LogP contribution in [0.4, 0.5) is 5.69 Å². The number of amides is 1. The summed E-state index contributed by atoms with van der Waals surface area (Å²) >= 11 is 3.07. The molecule has 1 aromatic carbocycles. The van der Waals surface area contributed by atoms with Crippen LogP contribution in [0.3, 0.4) is 0 Å². The van der Waals surface area contributed by atoms with Crippen molar-refractivity contribution in [3.63, 3.8) is 0 Å². The van der Waals surface area contributed by atoms with E-state index in [-0.39, 0.29) is 11.3 Å². The predicted molar refractivity (Wildman–Crippen MR) is 87.0 cm³/mol. The summed E-state index contributed by atoms with van der Waals surface area (Å²) in [5, 5.41) is 3.93. The molecule has 0 atom stereocenters. The predicted octanol–water partition coefficient (Wildman–Crippen LogP) is 4.41. The Labute approximate surface area is 127 Å². The van der Waals surface area contributed by atoms with E-state index in [1.165, 1.54) is 11.3 Å². The third-order valence-electron chi connectivity index (χ3n) is 2.73. The van der Waals surface area contributed by atoms with Crippen molar-refractivity contribution in [2.45, 2.75) is 31.1 Å². The molecule has 0 radical (unpaired) electrons. The Balaban J connectivity index is 2.18. The van der Waals surface area contributed by atoms with Crippen molar-refractivity contribution in [1.29, 1.82) is 0 Å². The molecule has 106 valence electrons. The smallest absolute Gasteiger partial charge is 0.267 e. The zero-order valence-electron chi connectivity index (χ0n) is 12.1. The number of carbonyl (C=O) groups excluding carboxylic acids is 1. The molecule has 0 saturated heterocycles. The fourth-order valence-corrected chi connectivity index (χ4v) is 3.08. The SMILES string of the molecule is CSc1ccccc1NC(=O)c1cnc(C(C)(C)C)s1. The summed E-state index contributed by atoms with van der Waals surface area (Å²) in [6.45, 7) is 6.28. The van der Waals surface area contributed by atoms with Gasteiger partial charge in [-0.25, -0.2) is 4.98 Å². The molecule has 2 rings (SSSR count). The second-order valence-corrected chi connectivity index (χ2v) is 7.31. The Morgan fingerprint density at radius 1 is 1.30 bits per heavy atom. The molecule has 0 saturated carbocycles. The average Bonchev–Trinajstić information content (AvgIpc) is 2.89. The van der Waals surface area contributed by atoms with Crippen LogP contribution in [-0.4, -0.2) is 17.1 Å². The standard InChI is InChI=1S/C15H18N2OS2/c1-15(2,3)14-16-9-12(20-14)13(18)17-10-7-5-6-8-11(10)19-4/h5-9H,1-4H3,(H,17,18). The molecule has 1 amide bonds. The van der Waals surface area contributed by atoms with Crippen molar-refractivity contribution in [3.8, 4) is 0 Å². The van der Waals surface area contributed by atoms with Crippen LogP contribution in [0.2, 0.25) is 0 Å². The topological polar surface area (TPSA) is 42.0 Å². The van der Waals surface area contributed by atoms with Crippen molar-refractivity contribution in [3.05, 3.63) is 40.3 Å². The lowest BCUT2D eigenvalue weighted by Gasteiger charge is -2.13. The largest absolute Gasteiger partial charge is 0.320 e. The molecule has 0 aliphatic heterocycles. The van der Waals surface area contributed by atoms with Crippen LogP contribution in [-0.2, 0) is 5.41 Å². The van der Waals surface area contributed by atoms with Crippen LogP contribution in [0.5, 0.6) is 0 Å². The maximum absolute atomic E-state index is 12.3. The fourth-order valence-electron chi connectivity index (χ4n) is 1.66. The van der Waals surface area contributed by atoms with Gasteiger partial charge in [0, 0.05) is 10.3 Å². The van der Waals surface area contributed by atoms with Crippen LogP contribution < -0.4 is 5.32 Å². The van der Waals surface area contributed by atoms with E-state index in [1.54, 1.807) is 18.0 Å². The zero-order chi connectivity index (χ0) is 14.8. The van der Waals surface area contributed by atoms with Gasteiger partial charge in [-0.15, -0.1) is 23.1 Å². The molecule has 0 spiro atoms. The van der Waals surface area contributed by atoms with E-state index in [0.717, 1.165) is 15.6 Å². The Hall–Kier alpha value is -1.33. The minimum absolute atomic E-state index is 0.0274. The maximum Gasteiger partial charge on any atom is 0.267 e. The van der Waals surface area contributed by atoms with Crippen LogP contribution in [0.15, 0.2) is 35.4 Å². The third kappa shape index (κ3) is 3.41. The second kappa shape index (κ2) is 5.97. The lowest BCUT2D eigenvalue weighted by Crippen LogP contribution is -2.11. The molecule has 2 aromatic rings. The number of nitrogens with one attached hydrogen (secondary N) is 1. The van der Waals surface area contributed by atoms with Gasteiger partial charge >= 0.3 is 0 Å². The Morgan fingerprint density at radius 2 is 2.00 bits per heavy atom. The number of anilines is 1. The highest BCUT2D eigenvalue weighted by Crippen LogP contribution is 2.29. The van der Waals surface area contributed by atoms with Gasteiger partial charge in [0.2, 0.25) is 0 Å². The van der Waals surface area contributed by atoms with Gasteiger partial charge in [0.05, 0.1) is 16.9 Å². The van der Waals surface area contributed by atoms with Crippen molar-refractivity contribution >= 4 is 34.7 Å². The van der Waals surface area contributed by atoms with Crippen molar-refractivity contribution < 1.29 is 4.79 Å². The summed E-state index contributed by atoms with van der Waals surface area (Å²) in [7, 11) is 0. The number of rotatable bonds is 3. The number of hydrogen-bond acceptors (Lipinski definition) is 4. The highest BCUT2D eigenvalue weighted by atomic mass is 32.2. The Morgan fingerprint density at radius 3 is 2.60 bits per heavy atom. The summed E-state index contributed by atoms with van der Waals surface area (Å²) in [6, 6.07) is 7.79. The van der Waals surface area contributed by atoms with Gasteiger partial charge in [0.15, 0.2) is 0 Å². The van der Waals surface area contributed by atoms with Gasteiger partial charge in [0.1, 0.15) is 4.88 Å². The van der Waals surface area contributed by atoms with Gasteiger partial charge < -0.3 is 5.32 Å². The fraction of sp³-hybridized carbons (Fsp3) is 0.333. The minimum Gasteiger partial charge on any atom is -0.320 e. The minimum atomic E-state index is -0.0977. The number of thioether (sulfide) groups is 1. The number of thiazole rings is 1.